The molecule has 0 aliphatic heterocycles. The Morgan fingerprint density at radius 2 is 1.86 bits per heavy atom. The number of rotatable bonds is 5. The van der Waals surface area contributed by atoms with Gasteiger partial charge in [-0.05, 0) is 47.9 Å². The number of carboxylic acids is 1. The van der Waals surface area contributed by atoms with Crippen LogP contribution in [0.2, 0.25) is 0 Å². The molecule has 0 heterocycles. The molecule has 1 N–H and O–H groups in total. The Morgan fingerprint density at radius 1 is 1.19 bits per heavy atom. The zero-order valence-electron chi connectivity index (χ0n) is 12.1. The van der Waals surface area contributed by atoms with Gasteiger partial charge in [-0.25, -0.2) is 9.18 Å². The number of aromatic carboxylic acids is 1. The topological polar surface area (TPSA) is 40.5 Å². The average Bonchev–Trinajstić information content (AvgIpc) is 2.47. The molecule has 4 heteroatoms. The summed E-state index contributed by atoms with van der Waals surface area (Å²) in [5, 5.41) is 9.17. The normalized spacial score (nSPS) is 10.4. The Morgan fingerprint density at radius 3 is 2.43 bits per heavy atom. The molecule has 110 valence electrons. The van der Waals surface area contributed by atoms with E-state index >= 15 is 0 Å². The van der Waals surface area contributed by atoms with Gasteiger partial charge >= 0.3 is 5.97 Å². The van der Waals surface area contributed by atoms with Gasteiger partial charge in [0.05, 0.1) is 5.56 Å². The molecule has 0 aromatic heterocycles. The van der Waals surface area contributed by atoms with Gasteiger partial charge in [0, 0.05) is 19.3 Å². The van der Waals surface area contributed by atoms with E-state index in [0.29, 0.717) is 12.1 Å². The maximum atomic E-state index is 13.4. The maximum absolute atomic E-state index is 13.4. The summed E-state index contributed by atoms with van der Waals surface area (Å²) < 4.78 is 13.4. The number of hydrogen-bond acceptors (Lipinski definition) is 2. The summed E-state index contributed by atoms with van der Waals surface area (Å²) >= 11 is 0. The van der Waals surface area contributed by atoms with E-state index in [9.17, 15) is 9.18 Å². The van der Waals surface area contributed by atoms with Crippen LogP contribution in [0.5, 0.6) is 0 Å². The Balaban J connectivity index is 2.24. The highest BCUT2D eigenvalue weighted by atomic mass is 19.1. The van der Waals surface area contributed by atoms with Crippen LogP contribution in [0.3, 0.4) is 0 Å². The van der Waals surface area contributed by atoms with Crippen LogP contribution < -0.4 is 4.90 Å². The molecule has 2 rings (SSSR count). The Bertz CT molecular complexity index is 638. The summed E-state index contributed by atoms with van der Waals surface area (Å²) in [5.41, 5.74) is 2.80. The number of nitrogens with zero attached hydrogens (tertiary/aromatic N) is 1. The number of carbonyl (C=O) groups is 1. The second kappa shape index (κ2) is 6.39. The maximum Gasteiger partial charge on any atom is 0.336 e. The number of carboxylic acid groups (broad SMARTS) is 1. The lowest BCUT2D eigenvalue weighted by Gasteiger charge is -2.20. The highest BCUT2D eigenvalue weighted by molar-refractivity contribution is 5.89. The summed E-state index contributed by atoms with van der Waals surface area (Å²) in [6.45, 7) is 2.43. The van der Waals surface area contributed by atoms with Gasteiger partial charge < -0.3 is 10.0 Å². The second-order valence-electron chi connectivity index (χ2n) is 4.98. The fourth-order valence-electron chi connectivity index (χ4n) is 2.23. The lowest BCUT2D eigenvalue weighted by molar-refractivity contribution is 0.0695. The molecule has 0 amide bonds. The van der Waals surface area contributed by atoms with Crippen LogP contribution in [0.15, 0.2) is 42.5 Å². The van der Waals surface area contributed by atoms with Gasteiger partial charge in [-0.15, -0.1) is 0 Å². The Kier molecular flexibility index (Phi) is 4.58. The van der Waals surface area contributed by atoms with Crippen molar-refractivity contribution < 1.29 is 14.3 Å². The van der Waals surface area contributed by atoms with E-state index in [-0.39, 0.29) is 5.56 Å². The molecule has 0 saturated carbocycles. The third kappa shape index (κ3) is 3.60. The van der Waals surface area contributed by atoms with Crippen molar-refractivity contribution in [3.8, 4) is 0 Å². The van der Waals surface area contributed by atoms with Gasteiger partial charge in [0.25, 0.3) is 0 Å². The van der Waals surface area contributed by atoms with Crippen molar-refractivity contribution in [2.24, 2.45) is 0 Å². The molecule has 21 heavy (non-hydrogen) atoms. The van der Waals surface area contributed by atoms with Crippen LogP contribution in [0.1, 0.15) is 28.4 Å². The number of aryl methyl sites for hydroxylation is 1. The molecule has 0 saturated heterocycles. The number of benzene rings is 2. The van der Waals surface area contributed by atoms with Crippen LogP contribution in [0.4, 0.5) is 10.1 Å². The molecule has 0 radical (unpaired) electrons. The van der Waals surface area contributed by atoms with Crippen LogP contribution in [0, 0.1) is 5.82 Å². The molecule has 0 unspecified atom stereocenters. The van der Waals surface area contributed by atoms with Gasteiger partial charge in [-0.2, -0.15) is 0 Å². The van der Waals surface area contributed by atoms with Gasteiger partial charge in [0.1, 0.15) is 5.82 Å². The first-order valence-corrected chi connectivity index (χ1v) is 6.83. The largest absolute Gasteiger partial charge is 0.478 e. The summed E-state index contributed by atoms with van der Waals surface area (Å²) in [7, 11) is 1.86. The number of anilines is 1. The predicted molar refractivity (Wildman–Crippen MR) is 81.3 cm³/mol. The van der Waals surface area contributed by atoms with Crippen LogP contribution in [-0.4, -0.2) is 18.1 Å². The summed E-state index contributed by atoms with van der Waals surface area (Å²) in [5.74, 6) is -1.47. The smallest absolute Gasteiger partial charge is 0.336 e. The fourth-order valence-corrected chi connectivity index (χ4v) is 2.23. The van der Waals surface area contributed by atoms with Crippen molar-refractivity contribution in [1.82, 2.24) is 0 Å². The number of halogens is 1. The first-order chi connectivity index (χ1) is 10.0. The minimum absolute atomic E-state index is 0.133. The van der Waals surface area contributed by atoms with E-state index in [1.165, 1.54) is 23.8 Å². The van der Waals surface area contributed by atoms with Gasteiger partial charge in [-0.3, -0.25) is 0 Å². The standard InChI is InChI=1S/C17H18FNO2/c1-3-12-4-7-15(8-5-12)19(2)11-13-10-14(18)6-9-16(13)17(20)21/h4-10H,3,11H2,1-2H3,(H,20,21). The van der Waals surface area contributed by atoms with E-state index in [2.05, 4.69) is 6.92 Å². The minimum Gasteiger partial charge on any atom is -0.478 e. The van der Waals surface area contributed by atoms with Gasteiger partial charge in [0.15, 0.2) is 0 Å². The lowest BCUT2D eigenvalue weighted by Crippen LogP contribution is -2.18. The summed E-state index contributed by atoms with van der Waals surface area (Å²) in [4.78, 5) is 13.1. The van der Waals surface area contributed by atoms with E-state index < -0.39 is 11.8 Å². The molecule has 2 aromatic carbocycles. The zero-order chi connectivity index (χ0) is 15.4. The highest BCUT2D eigenvalue weighted by Crippen LogP contribution is 2.19. The molecule has 0 aliphatic rings. The predicted octanol–water partition coefficient (Wildman–Crippen LogP) is 3.72. The summed E-state index contributed by atoms with van der Waals surface area (Å²) in [6, 6.07) is 11.8. The van der Waals surface area contributed by atoms with Crippen molar-refractivity contribution in [3.63, 3.8) is 0 Å². The third-order valence-electron chi connectivity index (χ3n) is 3.49. The van der Waals surface area contributed by atoms with Gasteiger partial charge in [0.2, 0.25) is 0 Å². The van der Waals surface area contributed by atoms with E-state index in [4.69, 9.17) is 5.11 Å². The average molecular weight is 287 g/mol. The van der Waals surface area contributed by atoms with Crippen LogP contribution >= 0.6 is 0 Å². The quantitative estimate of drug-likeness (QED) is 0.911. The second-order valence-corrected chi connectivity index (χ2v) is 4.98. The van der Waals surface area contributed by atoms with Crippen molar-refractivity contribution in [3.05, 3.63) is 65.0 Å². The molecular weight excluding hydrogens is 269 g/mol. The molecule has 0 spiro atoms. The van der Waals surface area contributed by atoms with Crippen LogP contribution in [-0.2, 0) is 13.0 Å². The van der Waals surface area contributed by atoms with E-state index in [0.717, 1.165) is 12.1 Å². The van der Waals surface area contributed by atoms with Gasteiger partial charge in [-0.1, -0.05) is 19.1 Å². The van der Waals surface area contributed by atoms with Crippen molar-refractivity contribution >= 4 is 11.7 Å². The lowest BCUT2D eigenvalue weighted by atomic mass is 10.1. The van der Waals surface area contributed by atoms with E-state index in [1.807, 2.05) is 36.2 Å². The first-order valence-electron chi connectivity index (χ1n) is 6.83. The van der Waals surface area contributed by atoms with Crippen molar-refractivity contribution in [1.29, 1.82) is 0 Å². The first kappa shape index (κ1) is 15.0. The van der Waals surface area contributed by atoms with Crippen LogP contribution in [0.25, 0.3) is 0 Å². The van der Waals surface area contributed by atoms with Crippen molar-refractivity contribution in [2.75, 3.05) is 11.9 Å². The fraction of sp³-hybridized carbons (Fsp3) is 0.235. The SMILES string of the molecule is CCc1ccc(N(C)Cc2cc(F)ccc2C(=O)O)cc1. The highest BCUT2D eigenvalue weighted by Gasteiger charge is 2.13. The Labute approximate surface area is 123 Å². The molecule has 0 atom stereocenters. The molecule has 0 aliphatic carbocycles. The summed E-state index contributed by atoms with van der Waals surface area (Å²) in [6.07, 6.45) is 0.969. The molecule has 0 bridgehead atoms. The molecule has 0 fully saturated rings. The van der Waals surface area contributed by atoms with Crippen molar-refractivity contribution in [2.45, 2.75) is 19.9 Å². The molecule has 3 nitrogen and oxygen atoms in total. The monoisotopic (exact) mass is 287 g/mol. The Hall–Kier alpha value is -2.36. The molecular formula is C17H18FNO2. The molecule has 2 aromatic rings. The number of hydrogen-bond donors (Lipinski definition) is 1. The minimum atomic E-state index is -1.04. The van der Waals surface area contributed by atoms with E-state index in [1.54, 1.807) is 0 Å². The third-order valence-corrected chi connectivity index (χ3v) is 3.49. The zero-order valence-corrected chi connectivity index (χ0v) is 12.1.